The van der Waals surface area contributed by atoms with Gasteiger partial charge in [0.05, 0.1) is 6.33 Å². The standard InChI is InChI=1S/C10H11N5O3/c16-9(7-3-8(10(17)18)15-14-7)12-2-1-6-4-11-5-13-6/h3-5H,1-2H2,(H,11,13)(H,12,16)(H,14,15)(H,17,18). The predicted molar refractivity (Wildman–Crippen MR) is 60.2 cm³/mol. The molecule has 94 valence electrons. The van der Waals surface area contributed by atoms with Gasteiger partial charge in [-0.25, -0.2) is 9.78 Å². The van der Waals surface area contributed by atoms with Crippen molar-refractivity contribution in [1.29, 1.82) is 0 Å². The summed E-state index contributed by atoms with van der Waals surface area (Å²) in [5.74, 6) is -1.57. The van der Waals surface area contributed by atoms with Crippen LogP contribution in [0, 0.1) is 0 Å². The zero-order valence-electron chi connectivity index (χ0n) is 9.30. The molecule has 18 heavy (non-hydrogen) atoms. The number of carbonyl (C=O) groups is 2. The first kappa shape index (κ1) is 11.8. The minimum Gasteiger partial charge on any atom is -0.477 e. The molecule has 2 heterocycles. The molecule has 4 N–H and O–H groups in total. The second-order valence-electron chi connectivity index (χ2n) is 3.55. The molecule has 0 fully saturated rings. The number of aromatic nitrogens is 4. The second kappa shape index (κ2) is 5.13. The number of hydrogen-bond donors (Lipinski definition) is 4. The number of nitrogens with one attached hydrogen (secondary N) is 3. The lowest BCUT2D eigenvalue weighted by Gasteiger charge is -2.00. The summed E-state index contributed by atoms with van der Waals surface area (Å²) < 4.78 is 0. The number of amides is 1. The Hall–Kier alpha value is -2.64. The summed E-state index contributed by atoms with van der Waals surface area (Å²) in [7, 11) is 0. The summed E-state index contributed by atoms with van der Waals surface area (Å²) in [5, 5.41) is 17.2. The van der Waals surface area contributed by atoms with E-state index in [1.165, 1.54) is 6.07 Å². The fraction of sp³-hybridized carbons (Fsp3) is 0.200. The molecule has 0 spiro atoms. The van der Waals surface area contributed by atoms with E-state index in [4.69, 9.17) is 5.11 Å². The highest BCUT2D eigenvalue weighted by Gasteiger charge is 2.13. The Bertz CT molecular complexity index is 546. The van der Waals surface area contributed by atoms with Gasteiger partial charge in [0, 0.05) is 30.9 Å². The maximum atomic E-state index is 11.6. The number of aromatic carboxylic acids is 1. The Kier molecular flexibility index (Phi) is 3.37. The van der Waals surface area contributed by atoms with E-state index in [0.29, 0.717) is 13.0 Å². The van der Waals surface area contributed by atoms with E-state index in [1.807, 2.05) is 0 Å². The van der Waals surface area contributed by atoms with Crippen LogP contribution in [0.5, 0.6) is 0 Å². The molecule has 2 aromatic heterocycles. The monoisotopic (exact) mass is 249 g/mol. The van der Waals surface area contributed by atoms with E-state index >= 15 is 0 Å². The molecule has 0 aromatic carbocycles. The van der Waals surface area contributed by atoms with Crippen LogP contribution in [0.2, 0.25) is 0 Å². The third-order valence-electron chi connectivity index (χ3n) is 2.28. The van der Waals surface area contributed by atoms with Crippen molar-refractivity contribution in [3.63, 3.8) is 0 Å². The fourth-order valence-electron chi connectivity index (χ4n) is 1.37. The molecule has 0 unspecified atom stereocenters. The highest BCUT2D eigenvalue weighted by molar-refractivity contribution is 5.95. The highest BCUT2D eigenvalue weighted by Crippen LogP contribution is 1.99. The van der Waals surface area contributed by atoms with Crippen LogP contribution in [0.25, 0.3) is 0 Å². The van der Waals surface area contributed by atoms with Crippen LogP contribution in [0.15, 0.2) is 18.6 Å². The van der Waals surface area contributed by atoms with Crippen LogP contribution in [-0.4, -0.2) is 43.7 Å². The lowest BCUT2D eigenvalue weighted by molar-refractivity contribution is 0.0690. The topological polar surface area (TPSA) is 124 Å². The number of nitrogens with zero attached hydrogens (tertiary/aromatic N) is 2. The molecule has 0 aliphatic heterocycles. The number of aromatic amines is 2. The summed E-state index contributed by atoms with van der Waals surface area (Å²) in [5.41, 5.74) is 0.842. The SMILES string of the molecule is O=C(NCCc1cnc[nH]1)c1cc(C(=O)O)[nH]n1. The van der Waals surface area contributed by atoms with Crippen LogP contribution in [0.4, 0.5) is 0 Å². The molecule has 0 saturated carbocycles. The smallest absolute Gasteiger partial charge is 0.353 e. The molecule has 2 rings (SSSR count). The molecule has 0 radical (unpaired) electrons. The van der Waals surface area contributed by atoms with Crippen molar-refractivity contribution in [2.75, 3.05) is 6.54 Å². The van der Waals surface area contributed by atoms with Crippen LogP contribution < -0.4 is 5.32 Å². The number of carboxylic acid groups (broad SMARTS) is 1. The minimum absolute atomic E-state index is 0.0528. The molecular weight excluding hydrogens is 238 g/mol. The predicted octanol–water partition coefficient (Wildman–Crippen LogP) is -0.197. The molecule has 0 atom stereocenters. The summed E-state index contributed by atoms with van der Waals surface area (Å²) in [6.45, 7) is 0.413. The maximum Gasteiger partial charge on any atom is 0.353 e. The lowest BCUT2D eigenvalue weighted by atomic mass is 10.3. The molecule has 0 saturated heterocycles. The van der Waals surface area contributed by atoms with E-state index in [0.717, 1.165) is 5.69 Å². The molecule has 0 aliphatic rings. The highest BCUT2D eigenvalue weighted by atomic mass is 16.4. The van der Waals surface area contributed by atoms with Crippen LogP contribution >= 0.6 is 0 Å². The average molecular weight is 249 g/mol. The van der Waals surface area contributed by atoms with Gasteiger partial charge in [0.25, 0.3) is 5.91 Å². The summed E-state index contributed by atoms with van der Waals surface area (Å²) in [4.78, 5) is 28.9. The third-order valence-corrected chi connectivity index (χ3v) is 2.28. The van der Waals surface area contributed by atoms with Crippen molar-refractivity contribution in [3.05, 3.63) is 35.7 Å². The third kappa shape index (κ3) is 2.73. The van der Waals surface area contributed by atoms with Gasteiger partial charge >= 0.3 is 5.97 Å². The van der Waals surface area contributed by atoms with Crippen LogP contribution in [0.3, 0.4) is 0 Å². The summed E-state index contributed by atoms with van der Waals surface area (Å²) in [6, 6.07) is 1.19. The van der Waals surface area contributed by atoms with E-state index in [1.54, 1.807) is 12.5 Å². The first-order valence-electron chi connectivity index (χ1n) is 5.21. The van der Waals surface area contributed by atoms with Gasteiger partial charge < -0.3 is 15.4 Å². The molecule has 8 heteroatoms. The molecule has 8 nitrogen and oxygen atoms in total. The van der Waals surface area contributed by atoms with Gasteiger partial charge in [-0.1, -0.05) is 0 Å². The molecule has 2 aromatic rings. The number of carboxylic acids is 1. The number of rotatable bonds is 5. The van der Waals surface area contributed by atoms with Gasteiger partial charge in [-0.05, 0) is 0 Å². The molecule has 1 amide bonds. The molecule has 0 aliphatic carbocycles. The Balaban J connectivity index is 1.85. The van der Waals surface area contributed by atoms with Crippen molar-refractivity contribution in [2.45, 2.75) is 6.42 Å². The summed E-state index contributed by atoms with van der Waals surface area (Å²) in [6.07, 6.45) is 3.84. The van der Waals surface area contributed by atoms with E-state index in [-0.39, 0.29) is 11.4 Å². The Morgan fingerprint density at radius 1 is 1.44 bits per heavy atom. The lowest BCUT2D eigenvalue weighted by Crippen LogP contribution is -2.26. The van der Waals surface area contributed by atoms with Gasteiger partial charge in [0.15, 0.2) is 5.69 Å². The van der Waals surface area contributed by atoms with Crippen LogP contribution in [-0.2, 0) is 6.42 Å². The fourth-order valence-corrected chi connectivity index (χ4v) is 1.37. The Morgan fingerprint density at radius 2 is 2.28 bits per heavy atom. The van der Waals surface area contributed by atoms with Gasteiger partial charge in [-0.15, -0.1) is 0 Å². The van der Waals surface area contributed by atoms with E-state index in [9.17, 15) is 9.59 Å². The Morgan fingerprint density at radius 3 is 2.89 bits per heavy atom. The first-order chi connectivity index (χ1) is 8.66. The Labute approximate surface area is 101 Å². The zero-order valence-corrected chi connectivity index (χ0v) is 9.30. The van der Waals surface area contributed by atoms with Crippen molar-refractivity contribution in [2.24, 2.45) is 0 Å². The van der Waals surface area contributed by atoms with Crippen molar-refractivity contribution < 1.29 is 14.7 Å². The van der Waals surface area contributed by atoms with Crippen molar-refractivity contribution in [1.82, 2.24) is 25.5 Å². The van der Waals surface area contributed by atoms with E-state index < -0.39 is 11.9 Å². The number of imidazole rings is 1. The molecular formula is C10H11N5O3. The van der Waals surface area contributed by atoms with Crippen molar-refractivity contribution >= 4 is 11.9 Å². The number of H-pyrrole nitrogens is 2. The largest absolute Gasteiger partial charge is 0.477 e. The number of hydrogen-bond acceptors (Lipinski definition) is 4. The molecule has 0 bridgehead atoms. The van der Waals surface area contributed by atoms with Gasteiger partial charge in [0.1, 0.15) is 5.69 Å². The average Bonchev–Trinajstić information content (AvgIpc) is 2.99. The maximum absolute atomic E-state index is 11.6. The first-order valence-corrected chi connectivity index (χ1v) is 5.21. The minimum atomic E-state index is -1.15. The summed E-state index contributed by atoms with van der Waals surface area (Å²) >= 11 is 0. The van der Waals surface area contributed by atoms with E-state index in [2.05, 4.69) is 25.5 Å². The van der Waals surface area contributed by atoms with Gasteiger partial charge in [-0.2, -0.15) is 5.10 Å². The normalized spacial score (nSPS) is 10.2. The van der Waals surface area contributed by atoms with Gasteiger partial charge in [-0.3, -0.25) is 9.89 Å². The number of carbonyl (C=O) groups excluding carboxylic acids is 1. The van der Waals surface area contributed by atoms with Crippen molar-refractivity contribution in [3.8, 4) is 0 Å². The zero-order chi connectivity index (χ0) is 13.0. The second-order valence-corrected chi connectivity index (χ2v) is 3.55. The quantitative estimate of drug-likeness (QED) is 0.584. The van der Waals surface area contributed by atoms with Gasteiger partial charge in [0.2, 0.25) is 0 Å². The van der Waals surface area contributed by atoms with Crippen LogP contribution in [0.1, 0.15) is 26.7 Å².